The first-order valence-electron chi connectivity index (χ1n) is 5.18. The van der Waals surface area contributed by atoms with Crippen LogP contribution in [0.25, 0.3) is 0 Å². The van der Waals surface area contributed by atoms with Crippen LogP contribution in [0.2, 0.25) is 0 Å². The SMILES string of the molecule is C=CC(=O)OC[N+](C)(C)Cc1ccccc1.[Cl-]. The Morgan fingerprint density at radius 2 is 1.94 bits per heavy atom. The van der Waals surface area contributed by atoms with E-state index in [-0.39, 0.29) is 18.4 Å². The van der Waals surface area contributed by atoms with Crippen LogP contribution in [0.15, 0.2) is 43.0 Å². The van der Waals surface area contributed by atoms with Gasteiger partial charge in [-0.2, -0.15) is 0 Å². The second-order valence-electron chi connectivity index (χ2n) is 4.38. The molecule has 94 valence electrons. The van der Waals surface area contributed by atoms with Gasteiger partial charge >= 0.3 is 5.97 Å². The van der Waals surface area contributed by atoms with Crippen LogP contribution in [0.3, 0.4) is 0 Å². The van der Waals surface area contributed by atoms with Crippen molar-refractivity contribution in [3.8, 4) is 0 Å². The minimum absolute atomic E-state index is 0. The number of rotatable bonds is 5. The predicted octanol–water partition coefficient (Wildman–Crippen LogP) is -1.05. The van der Waals surface area contributed by atoms with Crippen molar-refractivity contribution in [2.75, 3.05) is 20.8 Å². The molecule has 0 aliphatic heterocycles. The molecule has 0 fully saturated rings. The van der Waals surface area contributed by atoms with Crippen molar-refractivity contribution in [1.29, 1.82) is 0 Å². The van der Waals surface area contributed by atoms with E-state index in [1.165, 1.54) is 11.6 Å². The third-order valence-electron chi connectivity index (χ3n) is 2.18. The van der Waals surface area contributed by atoms with E-state index in [1.807, 2.05) is 32.3 Å². The lowest BCUT2D eigenvalue weighted by atomic mass is 10.2. The molecule has 0 aliphatic rings. The average molecular weight is 256 g/mol. The third kappa shape index (κ3) is 6.09. The Hall–Kier alpha value is -1.32. The highest BCUT2D eigenvalue weighted by Crippen LogP contribution is 2.08. The molecule has 0 aromatic heterocycles. The van der Waals surface area contributed by atoms with Crippen molar-refractivity contribution in [2.24, 2.45) is 0 Å². The van der Waals surface area contributed by atoms with E-state index in [2.05, 4.69) is 18.7 Å². The smallest absolute Gasteiger partial charge is 0.334 e. The van der Waals surface area contributed by atoms with Crippen LogP contribution in [-0.4, -0.2) is 31.3 Å². The van der Waals surface area contributed by atoms with Gasteiger partial charge in [0.25, 0.3) is 0 Å². The Balaban J connectivity index is 0.00000256. The summed E-state index contributed by atoms with van der Waals surface area (Å²) >= 11 is 0. The van der Waals surface area contributed by atoms with E-state index in [1.54, 1.807) is 0 Å². The van der Waals surface area contributed by atoms with Gasteiger partial charge in [0.15, 0.2) is 0 Å². The number of benzene rings is 1. The molecule has 1 aromatic rings. The first-order chi connectivity index (χ1) is 7.53. The molecule has 0 atom stereocenters. The largest absolute Gasteiger partial charge is 1.00 e. The summed E-state index contributed by atoms with van der Waals surface area (Å²) in [6, 6.07) is 10.1. The minimum atomic E-state index is -0.376. The zero-order valence-corrected chi connectivity index (χ0v) is 11.0. The Bertz CT molecular complexity index is 363. The summed E-state index contributed by atoms with van der Waals surface area (Å²) < 4.78 is 5.64. The van der Waals surface area contributed by atoms with E-state index < -0.39 is 0 Å². The number of quaternary nitrogens is 1. The summed E-state index contributed by atoms with van der Waals surface area (Å²) in [5.41, 5.74) is 1.22. The van der Waals surface area contributed by atoms with Gasteiger partial charge in [-0.15, -0.1) is 0 Å². The van der Waals surface area contributed by atoms with Gasteiger partial charge in [-0.3, -0.25) is 4.48 Å². The highest BCUT2D eigenvalue weighted by molar-refractivity contribution is 5.81. The monoisotopic (exact) mass is 255 g/mol. The zero-order valence-electron chi connectivity index (χ0n) is 10.2. The van der Waals surface area contributed by atoms with Crippen LogP contribution in [0.5, 0.6) is 0 Å². The molecule has 0 heterocycles. The zero-order chi connectivity index (χ0) is 12.0. The predicted molar refractivity (Wildman–Crippen MR) is 63.4 cm³/mol. The van der Waals surface area contributed by atoms with Crippen molar-refractivity contribution in [3.05, 3.63) is 48.6 Å². The molecule has 1 aromatic carbocycles. The van der Waals surface area contributed by atoms with Gasteiger partial charge in [0.05, 0.1) is 14.1 Å². The third-order valence-corrected chi connectivity index (χ3v) is 2.18. The van der Waals surface area contributed by atoms with Crippen LogP contribution in [0, 0.1) is 0 Å². The van der Waals surface area contributed by atoms with Crippen LogP contribution < -0.4 is 12.4 Å². The van der Waals surface area contributed by atoms with Crippen molar-refractivity contribution in [2.45, 2.75) is 6.54 Å². The lowest BCUT2D eigenvalue weighted by Gasteiger charge is -2.28. The van der Waals surface area contributed by atoms with Gasteiger partial charge in [0, 0.05) is 11.6 Å². The molecule has 3 nitrogen and oxygen atoms in total. The fraction of sp³-hybridized carbons (Fsp3) is 0.308. The highest BCUT2D eigenvalue weighted by Gasteiger charge is 2.17. The molecule has 17 heavy (non-hydrogen) atoms. The summed E-state index contributed by atoms with van der Waals surface area (Å²) in [5.74, 6) is -0.376. The average Bonchev–Trinajstić information content (AvgIpc) is 2.27. The van der Waals surface area contributed by atoms with E-state index >= 15 is 0 Å². The summed E-state index contributed by atoms with van der Waals surface area (Å²) in [7, 11) is 4.03. The standard InChI is InChI=1S/C13H18NO2.ClH/c1-4-13(15)16-11-14(2,3)10-12-8-6-5-7-9-12;/h4-9H,1,10-11H2,2-3H3;1H/q+1;/p-1. The highest BCUT2D eigenvalue weighted by atomic mass is 35.5. The van der Waals surface area contributed by atoms with Gasteiger partial charge in [-0.05, 0) is 0 Å². The van der Waals surface area contributed by atoms with Gasteiger partial charge < -0.3 is 17.1 Å². The van der Waals surface area contributed by atoms with E-state index in [9.17, 15) is 4.79 Å². The summed E-state index contributed by atoms with van der Waals surface area (Å²) in [4.78, 5) is 11.0. The summed E-state index contributed by atoms with van der Waals surface area (Å²) in [5, 5.41) is 0. The second kappa shape index (κ2) is 7.09. The molecule has 0 radical (unpaired) electrons. The van der Waals surface area contributed by atoms with Crippen molar-refractivity contribution >= 4 is 5.97 Å². The van der Waals surface area contributed by atoms with Gasteiger partial charge in [-0.25, -0.2) is 4.79 Å². The van der Waals surface area contributed by atoms with E-state index in [0.29, 0.717) is 11.2 Å². The van der Waals surface area contributed by atoms with Gasteiger partial charge in [-0.1, -0.05) is 36.9 Å². The Morgan fingerprint density at radius 1 is 1.35 bits per heavy atom. The maximum absolute atomic E-state index is 11.0. The lowest BCUT2D eigenvalue weighted by Crippen LogP contribution is -3.00. The maximum Gasteiger partial charge on any atom is 0.334 e. The number of nitrogens with zero attached hydrogens (tertiary/aromatic N) is 1. The molecule has 0 unspecified atom stereocenters. The lowest BCUT2D eigenvalue weighted by molar-refractivity contribution is -0.920. The second-order valence-corrected chi connectivity index (χ2v) is 4.38. The first-order valence-corrected chi connectivity index (χ1v) is 5.18. The number of halogens is 1. The van der Waals surface area contributed by atoms with Crippen LogP contribution >= 0.6 is 0 Å². The maximum atomic E-state index is 11.0. The fourth-order valence-corrected chi connectivity index (χ4v) is 1.42. The van der Waals surface area contributed by atoms with Crippen molar-refractivity contribution < 1.29 is 26.4 Å². The Kier molecular flexibility index (Phi) is 6.54. The molecular weight excluding hydrogens is 238 g/mol. The number of hydrogen-bond acceptors (Lipinski definition) is 2. The van der Waals surface area contributed by atoms with Crippen LogP contribution in [0.1, 0.15) is 5.56 Å². The van der Waals surface area contributed by atoms with Crippen LogP contribution in [-0.2, 0) is 16.1 Å². The number of carbonyl (C=O) groups is 1. The van der Waals surface area contributed by atoms with Crippen LogP contribution in [0.4, 0.5) is 0 Å². The van der Waals surface area contributed by atoms with Crippen molar-refractivity contribution in [3.63, 3.8) is 0 Å². The normalized spacial score (nSPS) is 10.2. The summed E-state index contributed by atoms with van der Waals surface area (Å²) in [6.07, 6.45) is 1.18. The molecule has 0 saturated heterocycles. The summed E-state index contributed by atoms with van der Waals surface area (Å²) in [6.45, 7) is 4.54. The number of hydrogen-bond donors (Lipinski definition) is 0. The Morgan fingerprint density at radius 3 is 2.47 bits per heavy atom. The van der Waals surface area contributed by atoms with Gasteiger partial charge in [0.1, 0.15) is 6.54 Å². The molecule has 0 bridgehead atoms. The molecule has 0 spiro atoms. The number of ether oxygens (including phenoxy) is 1. The molecule has 4 heteroatoms. The van der Waals surface area contributed by atoms with Crippen molar-refractivity contribution in [1.82, 2.24) is 0 Å². The molecule has 0 N–H and O–H groups in total. The minimum Gasteiger partial charge on any atom is -1.00 e. The molecule has 1 rings (SSSR count). The Labute approximate surface area is 109 Å². The molecular formula is C13H18ClNO2. The fourth-order valence-electron chi connectivity index (χ4n) is 1.42. The number of esters is 1. The van der Waals surface area contributed by atoms with Gasteiger partial charge in [0.2, 0.25) is 6.73 Å². The number of carbonyl (C=O) groups excluding carboxylic acids is 1. The molecule has 0 saturated carbocycles. The molecule has 0 amide bonds. The van der Waals surface area contributed by atoms with E-state index in [4.69, 9.17) is 4.74 Å². The topological polar surface area (TPSA) is 26.3 Å². The van der Waals surface area contributed by atoms with E-state index in [0.717, 1.165) is 6.54 Å². The molecule has 0 aliphatic carbocycles. The first kappa shape index (κ1) is 15.7. The quantitative estimate of drug-likeness (QED) is 0.291.